The number of nitrogens with zero attached hydrogens (tertiary/aromatic N) is 3. The second kappa shape index (κ2) is 4.49. The van der Waals surface area contributed by atoms with Gasteiger partial charge in [-0.05, 0) is 18.2 Å². The minimum Gasteiger partial charge on any atom is -0.379 e. The van der Waals surface area contributed by atoms with Crippen LogP contribution in [0.25, 0.3) is 10.9 Å². The van der Waals surface area contributed by atoms with Gasteiger partial charge in [0, 0.05) is 30.5 Å². The predicted molar refractivity (Wildman–Crippen MR) is 72.3 cm³/mol. The number of aromatic nitrogens is 3. The van der Waals surface area contributed by atoms with Gasteiger partial charge >= 0.3 is 0 Å². The van der Waals surface area contributed by atoms with E-state index < -0.39 is 0 Å². The minimum absolute atomic E-state index is 0.754. The number of rotatable bonds is 3. The molecule has 4 heteroatoms. The van der Waals surface area contributed by atoms with Crippen molar-refractivity contribution >= 4 is 16.6 Å². The molecule has 0 spiro atoms. The van der Waals surface area contributed by atoms with E-state index in [0.717, 1.165) is 28.8 Å². The summed E-state index contributed by atoms with van der Waals surface area (Å²) in [6, 6.07) is 12.1. The van der Waals surface area contributed by atoms with Crippen molar-refractivity contribution in [1.29, 1.82) is 0 Å². The van der Waals surface area contributed by atoms with Crippen molar-refractivity contribution in [2.75, 3.05) is 5.32 Å². The second-order valence-corrected chi connectivity index (χ2v) is 4.18. The smallest absolute Gasteiger partial charge is 0.0722 e. The number of fused-ring (bicyclic) bond motifs is 1. The van der Waals surface area contributed by atoms with E-state index in [-0.39, 0.29) is 0 Å². The number of aryl methyl sites for hydroxylation is 1. The number of nitrogens with one attached hydrogen (secondary N) is 1. The molecule has 0 amide bonds. The Balaban J connectivity index is 1.89. The lowest BCUT2D eigenvalue weighted by molar-refractivity contribution is 0.720. The van der Waals surface area contributed by atoms with Gasteiger partial charge in [-0.3, -0.25) is 9.67 Å². The van der Waals surface area contributed by atoms with Crippen LogP contribution in [0.15, 0.2) is 48.8 Å². The molecule has 0 bridgehead atoms. The Morgan fingerprint density at radius 1 is 1.11 bits per heavy atom. The molecule has 0 atom stereocenters. The topological polar surface area (TPSA) is 42.7 Å². The summed E-state index contributed by atoms with van der Waals surface area (Å²) in [5.41, 5.74) is 3.25. The van der Waals surface area contributed by atoms with E-state index in [9.17, 15) is 0 Å². The van der Waals surface area contributed by atoms with E-state index in [0.29, 0.717) is 0 Å². The first-order valence-electron chi connectivity index (χ1n) is 5.89. The lowest BCUT2D eigenvalue weighted by Gasteiger charge is -2.09. The molecule has 1 N–H and O–H groups in total. The van der Waals surface area contributed by atoms with Crippen LogP contribution >= 0.6 is 0 Å². The van der Waals surface area contributed by atoms with Gasteiger partial charge in [0.2, 0.25) is 0 Å². The molecule has 4 nitrogen and oxygen atoms in total. The highest BCUT2D eigenvalue weighted by Gasteiger charge is 2.02. The van der Waals surface area contributed by atoms with Crippen molar-refractivity contribution < 1.29 is 0 Å². The van der Waals surface area contributed by atoms with Crippen LogP contribution in [0.5, 0.6) is 0 Å². The summed E-state index contributed by atoms with van der Waals surface area (Å²) in [6.45, 7) is 0.754. The average Bonchev–Trinajstić information content (AvgIpc) is 2.82. The molecule has 0 radical (unpaired) electrons. The average molecular weight is 238 g/mol. The van der Waals surface area contributed by atoms with Gasteiger partial charge < -0.3 is 5.32 Å². The van der Waals surface area contributed by atoms with Gasteiger partial charge in [-0.2, -0.15) is 5.10 Å². The highest BCUT2D eigenvalue weighted by molar-refractivity contribution is 5.90. The van der Waals surface area contributed by atoms with E-state index in [2.05, 4.69) is 21.5 Å². The normalized spacial score (nSPS) is 10.7. The maximum absolute atomic E-state index is 4.35. The molecule has 0 saturated heterocycles. The summed E-state index contributed by atoms with van der Waals surface area (Å²) in [7, 11) is 1.95. The highest BCUT2D eigenvalue weighted by Crippen LogP contribution is 2.21. The Labute approximate surface area is 105 Å². The molecule has 3 rings (SSSR count). The van der Waals surface area contributed by atoms with Crippen LogP contribution < -0.4 is 5.32 Å². The monoisotopic (exact) mass is 238 g/mol. The number of benzene rings is 1. The van der Waals surface area contributed by atoms with Crippen LogP contribution in [0.3, 0.4) is 0 Å². The third-order valence-corrected chi connectivity index (χ3v) is 3.03. The van der Waals surface area contributed by atoms with Crippen LogP contribution in [-0.4, -0.2) is 14.8 Å². The number of para-hydroxylation sites is 1. The Hall–Kier alpha value is -2.36. The third kappa shape index (κ3) is 1.93. The summed E-state index contributed by atoms with van der Waals surface area (Å²) in [6.07, 6.45) is 3.63. The fourth-order valence-electron chi connectivity index (χ4n) is 2.01. The SMILES string of the molecule is Cn1nccc1CNc1ccnc2ccccc12. The Morgan fingerprint density at radius 3 is 2.83 bits per heavy atom. The Morgan fingerprint density at radius 2 is 2.00 bits per heavy atom. The van der Waals surface area contributed by atoms with E-state index >= 15 is 0 Å². The van der Waals surface area contributed by atoms with Crippen molar-refractivity contribution in [3.05, 3.63) is 54.5 Å². The van der Waals surface area contributed by atoms with E-state index in [4.69, 9.17) is 0 Å². The number of pyridine rings is 1. The van der Waals surface area contributed by atoms with E-state index in [1.54, 1.807) is 0 Å². The second-order valence-electron chi connectivity index (χ2n) is 4.18. The number of anilines is 1. The van der Waals surface area contributed by atoms with Crippen molar-refractivity contribution in [2.45, 2.75) is 6.54 Å². The fourth-order valence-corrected chi connectivity index (χ4v) is 2.01. The first-order valence-corrected chi connectivity index (χ1v) is 5.89. The summed E-state index contributed by atoms with van der Waals surface area (Å²) in [5.74, 6) is 0. The van der Waals surface area contributed by atoms with Crippen LogP contribution in [-0.2, 0) is 13.6 Å². The van der Waals surface area contributed by atoms with Crippen LogP contribution in [0.4, 0.5) is 5.69 Å². The lowest BCUT2D eigenvalue weighted by Crippen LogP contribution is -2.05. The molecular formula is C14H14N4. The van der Waals surface area contributed by atoms with Gasteiger partial charge in [0.15, 0.2) is 0 Å². The van der Waals surface area contributed by atoms with Gasteiger partial charge in [0.05, 0.1) is 17.8 Å². The Kier molecular flexibility index (Phi) is 2.68. The maximum Gasteiger partial charge on any atom is 0.0722 e. The van der Waals surface area contributed by atoms with Gasteiger partial charge in [-0.1, -0.05) is 18.2 Å². The van der Waals surface area contributed by atoms with Gasteiger partial charge in [-0.25, -0.2) is 0 Å². The van der Waals surface area contributed by atoms with Gasteiger partial charge in [0.25, 0.3) is 0 Å². The summed E-state index contributed by atoms with van der Waals surface area (Å²) >= 11 is 0. The molecule has 0 saturated carbocycles. The van der Waals surface area contributed by atoms with Crippen molar-refractivity contribution in [3.63, 3.8) is 0 Å². The summed E-state index contributed by atoms with van der Waals surface area (Å²) in [5, 5.41) is 8.73. The molecule has 0 aliphatic rings. The molecule has 0 aliphatic carbocycles. The van der Waals surface area contributed by atoms with Crippen LogP contribution in [0, 0.1) is 0 Å². The van der Waals surface area contributed by atoms with Crippen LogP contribution in [0.2, 0.25) is 0 Å². The molecular weight excluding hydrogens is 224 g/mol. The third-order valence-electron chi connectivity index (χ3n) is 3.03. The largest absolute Gasteiger partial charge is 0.379 e. The predicted octanol–water partition coefficient (Wildman–Crippen LogP) is 2.58. The number of hydrogen-bond donors (Lipinski definition) is 1. The minimum atomic E-state index is 0.754. The van der Waals surface area contributed by atoms with E-state index in [1.807, 2.05) is 54.5 Å². The zero-order valence-electron chi connectivity index (χ0n) is 10.2. The molecule has 2 heterocycles. The summed E-state index contributed by atoms with van der Waals surface area (Å²) < 4.78 is 1.87. The fraction of sp³-hybridized carbons (Fsp3) is 0.143. The van der Waals surface area contributed by atoms with Crippen molar-refractivity contribution in [1.82, 2.24) is 14.8 Å². The first kappa shape index (κ1) is 10.8. The highest BCUT2D eigenvalue weighted by atomic mass is 15.3. The van der Waals surface area contributed by atoms with E-state index in [1.165, 1.54) is 0 Å². The molecule has 0 fully saturated rings. The van der Waals surface area contributed by atoms with Gasteiger partial charge in [-0.15, -0.1) is 0 Å². The quantitative estimate of drug-likeness (QED) is 0.762. The van der Waals surface area contributed by atoms with Crippen molar-refractivity contribution in [3.8, 4) is 0 Å². The lowest BCUT2D eigenvalue weighted by atomic mass is 10.2. The number of hydrogen-bond acceptors (Lipinski definition) is 3. The molecule has 18 heavy (non-hydrogen) atoms. The molecule has 90 valence electrons. The molecule has 3 aromatic rings. The maximum atomic E-state index is 4.35. The first-order chi connectivity index (χ1) is 8.84. The van der Waals surface area contributed by atoms with Gasteiger partial charge in [0.1, 0.15) is 0 Å². The van der Waals surface area contributed by atoms with Crippen LogP contribution in [0.1, 0.15) is 5.69 Å². The zero-order chi connectivity index (χ0) is 12.4. The zero-order valence-corrected chi connectivity index (χ0v) is 10.2. The Bertz CT molecular complexity index is 667. The van der Waals surface area contributed by atoms with Crippen molar-refractivity contribution in [2.24, 2.45) is 7.05 Å². The molecule has 0 aliphatic heterocycles. The molecule has 1 aromatic carbocycles. The standard InChI is InChI=1S/C14H14N4/c1-18-11(6-9-17-18)10-16-14-7-8-15-13-5-3-2-4-12(13)14/h2-9H,10H2,1H3,(H,15,16). The summed E-state index contributed by atoms with van der Waals surface area (Å²) in [4.78, 5) is 4.35. The molecule has 2 aromatic heterocycles. The molecule has 0 unspecified atom stereocenters.